The molecule has 168 valence electrons. The number of amides is 1. The third-order valence-electron chi connectivity index (χ3n) is 4.80. The van der Waals surface area contributed by atoms with Crippen molar-refractivity contribution in [1.82, 2.24) is 15.5 Å². The van der Waals surface area contributed by atoms with Crippen LogP contribution in [0.15, 0.2) is 47.5 Å². The Bertz CT molecular complexity index is 932. The number of nitrogens with one attached hydrogen (secondary N) is 2. The van der Waals surface area contributed by atoms with E-state index in [9.17, 15) is 9.18 Å². The molecule has 6 nitrogen and oxygen atoms in total. The number of likely N-dealkylation sites (N-methyl/N-ethyl adjacent to an activating group) is 1. The van der Waals surface area contributed by atoms with Crippen molar-refractivity contribution in [3.05, 3.63) is 64.4 Å². The van der Waals surface area contributed by atoms with Crippen LogP contribution in [0, 0.1) is 5.82 Å². The van der Waals surface area contributed by atoms with Gasteiger partial charge in [0.1, 0.15) is 11.6 Å². The molecule has 0 radical (unpaired) electrons. The molecule has 0 saturated carbocycles. The van der Waals surface area contributed by atoms with Gasteiger partial charge in [0, 0.05) is 44.7 Å². The summed E-state index contributed by atoms with van der Waals surface area (Å²) in [6.45, 7) is 5.13. The molecule has 0 aliphatic carbocycles. The van der Waals surface area contributed by atoms with E-state index in [0.717, 1.165) is 11.1 Å². The SMILES string of the molecule is CN=C(NCc1cccc(OCC(=O)N(C)C)c1)NCC(C)(C)c1ccc(F)cc1Cl. The number of carbonyl (C=O) groups excluding carboxylic acids is 1. The number of ether oxygens (including phenoxy) is 1. The summed E-state index contributed by atoms with van der Waals surface area (Å²) in [6.07, 6.45) is 0. The summed E-state index contributed by atoms with van der Waals surface area (Å²) in [7, 11) is 5.07. The molecule has 0 aliphatic heterocycles. The van der Waals surface area contributed by atoms with Crippen LogP contribution in [0.4, 0.5) is 4.39 Å². The highest BCUT2D eigenvalue weighted by Gasteiger charge is 2.24. The Hall–Kier alpha value is -2.80. The molecule has 0 heterocycles. The zero-order valence-electron chi connectivity index (χ0n) is 18.6. The molecule has 0 aliphatic rings. The number of rotatable bonds is 8. The molecule has 1 amide bonds. The van der Waals surface area contributed by atoms with Crippen molar-refractivity contribution >= 4 is 23.5 Å². The van der Waals surface area contributed by atoms with Crippen LogP contribution in [0.5, 0.6) is 5.75 Å². The summed E-state index contributed by atoms with van der Waals surface area (Å²) in [5.74, 6) is 0.800. The summed E-state index contributed by atoms with van der Waals surface area (Å²) >= 11 is 6.23. The minimum atomic E-state index is -0.354. The number of aliphatic imine (C=N–C) groups is 1. The Morgan fingerprint density at radius 1 is 1.19 bits per heavy atom. The molecule has 0 unspecified atom stereocenters. The van der Waals surface area contributed by atoms with Crippen LogP contribution in [-0.4, -0.2) is 51.1 Å². The summed E-state index contributed by atoms with van der Waals surface area (Å²) in [4.78, 5) is 17.4. The number of halogens is 2. The quantitative estimate of drug-likeness (QED) is 0.478. The Morgan fingerprint density at radius 2 is 1.94 bits per heavy atom. The normalized spacial score (nSPS) is 11.8. The number of guanidine groups is 1. The number of carbonyl (C=O) groups is 1. The summed E-state index contributed by atoms with van der Waals surface area (Å²) in [5.41, 5.74) is 1.50. The van der Waals surface area contributed by atoms with Gasteiger partial charge in [0.15, 0.2) is 12.6 Å². The predicted molar refractivity (Wildman–Crippen MR) is 123 cm³/mol. The average Bonchev–Trinajstić information content (AvgIpc) is 2.72. The standard InChI is InChI=1S/C23H30ClFN4O2/c1-23(2,19-10-9-17(25)12-20(19)24)15-28-22(26-3)27-13-16-7-6-8-18(11-16)31-14-21(30)29(4)5/h6-12H,13-15H2,1-5H3,(H2,26,27,28). The molecular weight excluding hydrogens is 419 g/mol. The van der Waals surface area contributed by atoms with Gasteiger partial charge in [-0.15, -0.1) is 0 Å². The van der Waals surface area contributed by atoms with Gasteiger partial charge in [0.25, 0.3) is 5.91 Å². The Kier molecular flexibility index (Phi) is 8.68. The number of hydrogen-bond donors (Lipinski definition) is 2. The molecule has 0 saturated heterocycles. The summed E-state index contributed by atoms with van der Waals surface area (Å²) in [6, 6.07) is 12.0. The van der Waals surface area contributed by atoms with Crippen LogP contribution >= 0.6 is 11.6 Å². The first-order valence-electron chi connectivity index (χ1n) is 9.94. The maximum Gasteiger partial charge on any atom is 0.259 e. The van der Waals surface area contributed by atoms with Crippen LogP contribution in [-0.2, 0) is 16.8 Å². The van der Waals surface area contributed by atoms with E-state index in [-0.39, 0.29) is 23.7 Å². The van der Waals surface area contributed by atoms with E-state index >= 15 is 0 Å². The van der Waals surface area contributed by atoms with Crippen molar-refractivity contribution in [3.8, 4) is 5.75 Å². The monoisotopic (exact) mass is 448 g/mol. The van der Waals surface area contributed by atoms with E-state index in [0.29, 0.717) is 29.8 Å². The highest BCUT2D eigenvalue weighted by atomic mass is 35.5. The predicted octanol–water partition coefficient (Wildman–Crippen LogP) is 3.59. The largest absolute Gasteiger partial charge is 0.484 e. The zero-order chi connectivity index (χ0) is 23.0. The minimum Gasteiger partial charge on any atom is -0.484 e. The molecule has 0 bridgehead atoms. The average molecular weight is 449 g/mol. The first-order valence-corrected chi connectivity index (χ1v) is 10.3. The van der Waals surface area contributed by atoms with Crippen LogP contribution < -0.4 is 15.4 Å². The van der Waals surface area contributed by atoms with Gasteiger partial charge in [-0.2, -0.15) is 0 Å². The highest BCUT2D eigenvalue weighted by molar-refractivity contribution is 6.31. The fourth-order valence-corrected chi connectivity index (χ4v) is 3.29. The van der Waals surface area contributed by atoms with E-state index in [1.165, 1.54) is 17.0 Å². The zero-order valence-corrected chi connectivity index (χ0v) is 19.4. The van der Waals surface area contributed by atoms with Crippen LogP contribution in [0.1, 0.15) is 25.0 Å². The fourth-order valence-electron chi connectivity index (χ4n) is 2.86. The van der Waals surface area contributed by atoms with Crippen LogP contribution in [0.25, 0.3) is 0 Å². The Labute approximate surface area is 188 Å². The third kappa shape index (κ3) is 7.43. The van der Waals surface area contributed by atoms with Crippen molar-refractivity contribution in [2.24, 2.45) is 4.99 Å². The van der Waals surface area contributed by atoms with Crippen molar-refractivity contribution in [2.75, 3.05) is 34.3 Å². The number of benzene rings is 2. The molecule has 8 heteroatoms. The second-order valence-electron chi connectivity index (χ2n) is 8.01. The lowest BCUT2D eigenvalue weighted by molar-refractivity contribution is -0.130. The number of hydrogen-bond acceptors (Lipinski definition) is 3. The molecule has 2 aromatic carbocycles. The van der Waals surface area contributed by atoms with Gasteiger partial charge in [0.2, 0.25) is 0 Å². The van der Waals surface area contributed by atoms with Gasteiger partial charge in [-0.1, -0.05) is 43.6 Å². The molecule has 0 aromatic heterocycles. The molecule has 2 rings (SSSR count). The van der Waals surface area contributed by atoms with Crippen LogP contribution in [0.2, 0.25) is 5.02 Å². The molecule has 2 aromatic rings. The fraction of sp³-hybridized carbons (Fsp3) is 0.391. The van der Waals surface area contributed by atoms with Gasteiger partial charge in [-0.25, -0.2) is 4.39 Å². The topological polar surface area (TPSA) is 66.0 Å². The Balaban J connectivity index is 1.92. The Morgan fingerprint density at radius 3 is 2.58 bits per heavy atom. The van der Waals surface area contributed by atoms with Gasteiger partial charge in [-0.3, -0.25) is 9.79 Å². The second kappa shape index (κ2) is 11.0. The summed E-state index contributed by atoms with van der Waals surface area (Å²) in [5, 5.41) is 6.95. The molecule has 31 heavy (non-hydrogen) atoms. The van der Waals surface area contributed by atoms with E-state index in [2.05, 4.69) is 15.6 Å². The van der Waals surface area contributed by atoms with Gasteiger partial charge in [-0.05, 0) is 35.4 Å². The molecular formula is C23H30ClFN4O2. The first-order chi connectivity index (χ1) is 14.6. The third-order valence-corrected chi connectivity index (χ3v) is 5.11. The van der Waals surface area contributed by atoms with Crippen molar-refractivity contribution in [3.63, 3.8) is 0 Å². The van der Waals surface area contributed by atoms with E-state index in [4.69, 9.17) is 16.3 Å². The minimum absolute atomic E-state index is 0.00582. The van der Waals surface area contributed by atoms with Crippen molar-refractivity contribution in [1.29, 1.82) is 0 Å². The number of nitrogens with zero attached hydrogens (tertiary/aromatic N) is 2. The lowest BCUT2D eigenvalue weighted by atomic mass is 9.84. The van der Waals surface area contributed by atoms with Gasteiger partial charge < -0.3 is 20.3 Å². The van der Waals surface area contributed by atoms with Crippen molar-refractivity contribution < 1.29 is 13.9 Å². The van der Waals surface area contributed by atoms with Crippen LogP contribution in [0.3, 0.4) is 0 Å². The van der Waals surface area contributed by atoms with Crippen molar-refractivity contribution in [2.45, 2.75) is 25.8 Å². The maximum absolute atomic E-state index is 13.4. The van der Waals surface area contributed by atoms with Gasteiger partial charge in [0.05, 0.1) is 0 Å². The maximum atomic E-state index is 13.4. The lowest BCUT2D eigenvalue weighted by Crippen LogP contribution is -2.43. The smallest absolute Gasteiger partial charge is 0.259 e. The highest BCUT2D eigenvalue weighted by Crippen LogP contribution is 2.29. The first kappa shape index (κ1) is 24.5. The molecule has 0 atom stereocenters. The van der Waals surface area contributed by atoms with E-state index in [1.807, 2.05) is 38.1 Å². The molecule has 0 spiro atoms. The van der Waals surface area contributed by atoms with E-state index < -0.39 is 0 Å². The second-order valence-corrected chi connectivity index (χ2v) is 8.42. The van der Waals surface area contributed by atoms with E-state index in [1.54, 1.807) is 27.2 Å². The lowest BCUT2D eigenvalue weighted by Gasteiger charge is -2.27. The molecule has 0 fully saturated rings. The molecule has 2 N–H and O–H groups in total. The summed E-state index contributed by atoms with van der Waals surface area (Å²) < 4.78 is 18.9. The van der Waals surface area contributed by atoms with Gasteiger partial charge >= 0.3 is 0 Å².